The normalized spacial score (nSPS) is 27.9. The van der Waals surface area contributed by atoms with Crippen LogP contribution in [-0.2, 0) is 14.3 Å². The fourth-order valence-corrected chi connectivity index (χ4v) is 1.97. The Morgan fingerprint density at radius 2 is 2.19 bits per heavy atom. The SMILES string of the molecule is O=C(NC1(C(=O)O)CCC1)C1CNCCO1. The van der Waals surface area contributed by atoms with E-state index in [4.69, 9.17) is 9.84 Å². The van der Waals surface area contributed by atoms with E-state index in [1.165, 1.54) is 0 Å². The van der Waals surface area contributed by atoms with Gasteiger partial charge in [-0.05, 0) is 19.3 Å². The molecule has 1 amide bonds. The van der Waals surface area contributed by atoms with E-state index in [-0.39, 0.29) is 5.91 Å². The summed E-state index contributed by atoms with van der Waals surface area (Å²) >= 11 is 0. The molecule has 1 unspecified atom stereocenters. The minimum absolute atomic E-state index is 0.325. The van der Waals surface area contributed by atoms with Gasteiger partial charge in [-0.25, -0.2) is 4.79 Å². The quantitative estimate of drug-likeness (QED) is 0.582. The Labute approximate surface area is 93.3 Å². The predicted octanol–water partition coefficient (Wildman–Crippen LogP) is -0.902. The molecule has 0 aromatic carbocycles. The number of carboxylic acid groups (broad SMARTS) is 1. The molecule has 2 aliphatic rings. The van der Waals surface area contributed by atoms with Crippen molar-refractivity contribution >= 4 is 11.9 Å². The molecule has 3 N–H and O–H groups in total. The first kappa shape index (κ1) is 11.3. The first-order valence-electron chi connectivity index (χ1n) is 5.52. The van der Waals surface area contributed by atoms with E-state index in [1.54, 1.807) is 0 Å². The molecule has 1 heterocycles. The van der Waals surface area contributed by atoms with E-state index in [0.717, 1.165) is 13.0 Å². The number of hydrogen-bond donors (Lipinski definition) is 3. The lowest BCUT2D eigenvalue weighted by Gasteiger charge is -2.39. The summed E-state index contributed by atoms with van der Waals surface area (Å²) in [5.41, 5.74) is -1.04. The maximum Gasteiger partial charge on any atom is 0.329 e. The lowest BCUT2D eigenvalue weighted by molar-refractivity contribution is -0.154. The summed E-state index contributed by atoms with van der Waals surface area (Å²) in [7, 11) is 0. The van der Waals surface area contributed by atoms with Crippen molar-refractivity contribution in [1.82, 2.24) is 10.6 Å². The van der Waals surface area contributed by atoms with Crippen molar-refractivity contribution in [2.45, 2.75) is 30.9 Å². The standard InChI is InChI=1S/C10H16N2O4/c13-8(7-6-11-4-5-16-7)12-10(9(14)15)2-1-3-10/h7,11H,1-6H2,(H,12,13)(H,14,15). The number of ether oxygens (including phenoxy) is 1. The van der Waals surface area contributed by atoms with Crippen LogP contribution in [0.1, 0.15) is 19.3 Å². The van der Waals surface area contributed by atoms with Gasteiger partial charge in [0, 0.05) is 13.1 Å². The van der Waals surface area contributed by atoms with E-state index in [2.05, 4.69) is 10.6 Å². The molecule has 1 saturated heterocycles. The minimum Gasteiger partial charge on any atom is -0.480 e. The van der Waals surface area contributed by atoms with Crippen molar-refractivity contribution in [3.8, 4) is 0 Å². The smallest absolute Gasteiger partial charge is 0.329 e. The van der Waals surface area contributed by atoms with Crippen molar-refractivity contribution in [1.29, 1.82) is 0 Å². The molecule has 2 rings (SSSR count). The fourth-order valence-electron chi connectivity index (χ4n) is 1.97. The first-order valence-corrected chi connectivity index (χ1v) is 5.52. The van der Waals surface area contributed by atoms with Crippen LogP contribution in [0.5, 0.6) is 0 Å². The molecule has 90 valence electrons. The number of carboxylic acids is 1. The molecule has 16 heavy (non-hydrogen) atoms. The van der Waals surface area contributed by atoms with Gasteiger partial charge in [0.1, 0.15) is 11.6 Å². The number of aliphatic carboxylic acids is 1. The van der Waals surface area contributed by atoms with Crippen LogP contribution in [0.4, 0.5) is 0 Å². The minimum atomic E-state index is -1.04. The summed E-state index contributed by atoms with van der Waals surface area (Å²) in [5, 5.41) is 14.7. The van der Waals surface area contributed by atoms with Gasteiger partial charge >= 0.3 is 5.97 Å². The molecule has 1 atom stereocenters. The highest BCUT2D eigenvalue weighted by molar-refractivity contribution is 5.90. The van der Waals surface area contributed by atoms with Gasteiger partial charge in [-0.15, -0.1) is 0 Å². The molecule has 6 nitrogen and oxygen atoms in total. The van der Waals surface area contributed by atoms with Crippen molar-refractivity contribution in [3.05, 3.63) is 0 Å². The zero-order valence-electron chi connectivity index (χ0n) is 8.99. The summed E-state index contributed by atoms with van der Waals surface area (Å²) in [4.78, 5) is 22.8. The maximum atomic E-state index is 11.8. The zero-order valence-corrected chi connectivity index (χ0v) is 8.99. The monoisotopic (exact) mass is 228 g/mol. The van der Waals surface area contributed by atoms with Gasteiger partial charge in [-0.2, -0.15) is 0 Å². The molecule has 6 heteroatoms. The second-order valence-electron chi connectivity index (χ2n) is 4.29. The molecule has 1 aliphatic heterocycles. The van der Waals surface area contributed by atoms with E-state index >= 15 is 0 Å². The number of nitrogens with one attached hydrogen (secondary N) is 2. The number of morpholine rings is 1. The number of rotatable bonds is 3. The zero-order chi connectivity index (χ0) is 11.6. The van der Waals surface area contributed by atoms with Crippen LogP contribution in [-0.4, -0.2) is 48.3 Å². The molecule has 0 aromatic heterocycles. The van der Waals surface area contributed by atoms with Crippen molar-refractivity contribution < 1.29 is 19.4 Å². The van der Waals surface area contributed by atoms with Gasteiger partial charge in [-0.1, -0.05) is 0 Å². The largest absolute Gasteiger partial charge is 0.480 e. The molecular formula is C10H16N2O4. The maximum absolute atomic E-state index is 11.8. The summed E-state index contributed by atoms with van der Waals surface area (Å²) in [5.74, 6) is -1.27. The summed E-state index contributed by atoms with van der Waals surface area (Å²) < 4.78 is 5.27. The summed E-state index contributed by atoms with van der Waals surface area (Å²) in [6.45, 7) is 1.66. The van der Waals surface area contributed by atoms with E-state index in [9.17, 15) is 9.59 Å². The Balaban J connectivity index is 1.92. The van der Waals surface area contributed by atoms with Gasteiger partial charge < -0.3 is 20.5 Å². The van der Waals surface area contributed by atoms with Gasteiger partial charge in [0.05, 0.1) is 6.61 Å². The van der Waals surface area contributed by atoms with E-state index in [1.807, 2.05) is 0 Å². The van der Waals surface area contributed by atoms with Crippen LogP contribution in [0.2, 0.25) is 0 Å². The third kappa shape index (κ3) is 2.03. The molecule has 0 aromatic rings. The predicted molar refractivity (Wildman–Crippen MR) is 55.0 cm³/mol. The van der Waals surface area contributed by atoms with Crippen LogP contribution in [0.25, 0.3) is 0 Å². The second kappa shape index (κ2) is 4.39. The van der Waals surface area contributed by atoms with Crippen LogP contribution in [0.15, 0.2) is 0 Å². The molecule has 0 bridgehead atoms. The Morgan fingerprint density at radius 3 is 2.62 bits per heavy atom. The Hall–Kier alpha value is -1.14. The van der Waals surface area contributed by atoms with Gasteiger partial charge in [-0.3, -0.25) is 4.79 Å². The summed E-state index contributed by atoms with van der Waals surface area (Å²) in [6, 6.07) is 0. The average molecular weight is 228 g/mol. The van der Waals surface area contributed by atoms with Crippen molar-refractivity contribution in [2.75, 3.05) is 19.7 Å². The average Bonchev–Trinajstić information content (AvgIpc) is 2.24. The molecule has 1 saturated carbocycles. The van der Waals surface area contributed by atoms with Gasteiger partial charge in [0.15, 0.2) is 0 Å². The highest BCUT2D eigenvalue weighted by Gasteiger charge is 2.46. The highest BCUT2D eigenvalue weighted by atomic mass is 16.5. The highest BCUT2D eigenvalue weighted by Crippen LogP contribution is 2.32. The van der Waals surface area contributed by atoms with Crippen LogP contribution < -0.4 is 10.6 Å². The lowest BCUT2D eigenvalue weighted by Crippen LogP contribution is -2.62. The molecule has 2 fully saturated rings. The topological polar surface area (TPSA) is 87.7 Å². The third-order valence-corrected chi connectivity index (χ3v) is 3.20. The first-order chi connectivity index (χ1) is 7.64. The number of carbonyl (C=O) groups excluding carboxylic acids is 1. The van der Waals surface area contributed by atoms with E-state index < -0.39 is 17.6 Å². The number of hydrogen-bond acceptors (Lipinski definition) is 4. The molecule has 1 aliphatic carbocycles. The fraction of sp³-hybridized carbons (Fsp3) is 0.800. The number of amides is 1. The second-order valence-corrected chi connectivity index (χ2v) is 4.29. The molecule has 0 radical (unpaired) electrons. The van der Waals surface area contributed by atoms with Crippen LogP contribution in [0.3, 0.4) is 0 Å². The Bertz CT molecular complexity index is 295. The van der Waals surface area contributed by atoms with Crippen LogP contribution >= 0.6 is 0 Å². The van der Waals surface area contributed by atoms with Gasteiger partial charge in [0.25, 0.3) is 5.91 Å². The Kier molecular flexibility index (Phi) is 3.11. The van der Waals surface area contributed by atoms with Crippen LogP contribution in [0, 0.1) is 0 Å². The van der Waals surface area contributed by atoms with Crippen molar-refractivity contribution in [3.63, 3.8) is 0 Å². The van der Waals surface area contributed by atoms with Crippen molar-refractivity contribution in [2.24, 2.45) is 0 Å². The van der Waals surface area contributed by atoms with Gasteiger partial charge in [0.2, 0.25) is 0 Å². The summed E-state index contributed by atoms with van der Waals surface area (Å²) in [6.07, 6.45) is 1.30. The molecular weight excluding hydrogens is 212 g/mol. The Morgan fingerprint density at radius 1 is 1.44 bits per heavy atom. The number of carbonyl (C=O) groups is 2. The third-order valence-electron chi connectivity index (χ3n) is 3.20. The molecule has 0 spiro atoms. The lowest BCUT2D eigenvalue weighted by atomic mass is 9.76. The van der Waals surface area contributed by atoms with E-state index in [0.29, 0.717) is 26.0 Å².